The lowest BCUT2D eigenvalue weighted by atomic mass is 10.1. The molecule has 0 heterocycles. The molecule has 0 bridgehead atoms. The van der Waals surface area contributed by atoms with Crippen molar-refractivity contribution in [2.75, 3.05) is 7.11 Å². The molecule has 1 saturated carbocycles. The number of hydrogen-bond acceptors (Lipinski definition) is 3. The zero-order valence-corrected chi connectivity index (χ0v) is 9.34. The van der Waals surface area contributed by atoms with Gasteiger partial charge in [-0.3, -0.25) is 4.99 Å². The van der Waals surface area contributed by atoms with E-state index >= 15 is 0 Å². The maximum absolute atomic E-state index is 5.45. The van der Waals surface area contributed by atoms with Crippen LogP contribution in [0.15, 0.2) is 4.99 Å². The SMILES string of the molecule is COC(C)(C)C(=NC1CCCC1)NN. The number of rotatable bonds is 3. The van der Waals surface area contributed by atoms with Gasteiger partial charge in [0.05, 0.1) is 6.04 Å². The molecule has 3 N–H and O–H groups in total. The normalized spacial score (nSPS) is 20.1. The molecule has 14 heavy (non-hydrogen) atoms. The van der Waals surface area contributed by atoms with Crippen molar-refractivity contribution in [2.24, 2.45) is 10.8 Å². The van der Waals surface area contributed by atoms with Gasteiger partial charge in [-0.15, -0.1) is 0 Å². The molecule has 0 unspecified atom stereocenters. The van der Waals surface area contributed by atoms with Gasteiger partial charge in [-0.25, -0.2) is 5.84 Å². The summed E-state index contributed by atoms with van der Waals surface area (Å²) >= 11 is 0. The van der Waals surface area contributed by atoms with Gasteiger partial charge in [0.15, 0.2) is 0 Å². The van der Waals surface area contributed by atoms with Crippen molar-refractivity contribution in [1.29, 1.82) is 0 Å². The molecule has 82 valence electrons. The second-order valence-corrected chi connectivity index (χ2v) is 4.27. The molecule has 0 atom stereocenters. The third-order valence-corrected chi connectivity index (χ3v) is 2.85. The van der Waals surface area contributed by atoms with Crippen molar-refractivity contribution < 1.29 is 4.74 Å². The molecule has 4 nitrogen and oxygen atoms in total. The van der Waals surface area contributed by atoms with Crippen LogP contribution in [0.1, 0.15) is 39.5 Å². The van der Waals surface area contributed by atoms with Gasteiger partial charge in [0.25, 0.3) is 0 Å². The highest BCUT2D eigenvalue weighted by molar-refractivity contribution is 5.89. The van der Waals surface area contributed by atoms with Crippen molar-refractivity contribution >= 4 is 5.84 Å². The van der Waals surface area contributed by atoms with Gasteiger partial charge in [-0.05, 0) is 26.7 Å². The number of hydrazine groups is 1. The lowest BCUT2D eigenvalue weighted by Crippen LogP contribution is -2.47. The Labute approximate surface area is 85.9 Å². The Morgan fingerprint density at radius 2 is 2.00 bits per heavy atom. The summed E-state index contributed by atoms with van der Waals surface area (Å²) in [5.41, 5.74) is 2.23. The molecule has 0 aromatic heterocycles. The molecule has 1 aliphatic rings. The number of nitrogens with zero attached hydrogens (tertiary/aromatic N) is 1. The summed E-state index contributed by atoms with van der Waals surface area (Å²) in [4.78, 5) is 4.59. The van der Waals surface area contributed by atoms with Crippen LogP contribution in [0.2, 0.25) is 0 Å². The average Bonchev–Trinajstić information content (AvgIpc) is 2.66. The number of methoxy groups -OCH3 is 1. The first-order valence-electron chi connectivity index (χ1n) is 5.20. The molecule has 0 spiro atoms. The molecule has 0 amide bonds. The summed E-state index contributed by atoms with van der Waals surface area (Å²) in [5, 5.41) is 0. The topological polar surface area (TPSA) is 59.6 Å². The van der Waals surface area contributed by atoms with E-state index in [4.69, 9.17) is 10.6 Å². The standard InChI is InChI=1S/C10H21N3O/c1-10(2,14-3)9(13-11)12-8-6-4-5-7-8/h8H,4-7,11H2,1-3H3,(H,12,13). The number of hydrogen-bond donors (Lipinski definition) is 2. The minimum absolute atomic E-state index is 0.419. The maximum Gasteiger partial charge on any atom is 0.143 e. The number of amidine groups is 1. The van der Waals surface area contributed by atoms with Gasteiger partial charge >= 0.3 is 0 Å². The molecule has 0 aliphatic heterocycles. The van der Waals surface area contributed by atoms with Crippen molar-refractivity contribution in [3.05, 3.63) is 0 Å². The molecule has 0 aromatic carbocycles. The highest BCUT2D eigenvalue weighted by Crippen LogP contribution is 2.22. The smallest absolute Gasteiger partial charge is 0.143 e. The predicted molar refractivity (Wildman–Crippen MR) is 58.1 cm³/mol. The van der Waals surface area contributed by atoms with Crippen molar-refractivity contribution in [3.8, 4) is 0 Å². The van der Waals surface area contributed by atoms with E-state index in [1.807, 2.05) is 13.8 Å². The van der Waals surface area contributed by atoms with Crippen LogP contribution in [0.4, 0.5) is 0 Å². The Morgan fingerprint density at radius 3 is 2.43 bits per heavy atom. The van der Waals surface area contributed by atoms with E-state index in [2.05, 4.69) is 10.4 Å². The van der Waals surface area contributed by atoms with Gasteiger partial charge in [0.1, 0.15) is 11.4 Å². The lowest BCUT2D eigenvalue weighted by molar-refractivity contribution is 0.0792. The van der Waals surface area contributed by atoms with Gasteiger partial charge in [0, 0.05) is 7.11 Å². The Bertz CT molecular complexity index is 207. The van der Waals surface area contributed by atoms with E-state index in [1.165, 1.54) is 25.7 Å². The highest BCUT2D eigenvalue weighted by Gasteiger charge is 2.25. The van der Waals surface area contributed by atoms with E-state index in [-0.39, 0.29) is 0 Å². The molecular weight excluding hydrogens is 178 g/mol. The lowest BCUT2D eigenvalue weighted by Gasteiger charge is -2.25. The first-order valence-corrected chi connectivity index (χ1v) is 5.20. The van der Waals surface area contributed by atoms with Crippen LogP contribution >= 0.6 is 0 Å². The van der Waals surface area contributed by atoms with Gasteiger partial charge in [-0.2, -0.15) is 0 Å². The van der Waals surface area contributed by atoms with Gasteiger partial charge < -0.3 is 10.2 Å². The van der Waals surface area contributed by atoms with Crippen molar-refractivity contribution in [2.45, 2.75) is 51.2 Å². The van der Waals surface area contributed by atoms with E-state index in [0.29, 0.717) is 6.04 Å². The number of nitrogens with one attached hydrogen (secondary N) is 1. The van der Waals surface area contributed by atoms with E-state index in [1.54, 1.807) is 7.11 Å². The molecule has 1 fully saturated rings. The molecule has 1 rings (SSSR count). The zero-order valence-electron chi connectivity index (χ0n) is 9.34. The Hall–Kier alpha value is -0.610. The van der Waals surface area contributed by atoms with E-state index < -0.39 is 5.60 Å². The second kappa shape index (κ2) is 4.75. The largest absolute Gasteiger partial charge is 0.371 e. The molecule has 0 aromatic rings. The fraction of sp³-hybridized carbons (Fsp3) is 0.900. The third-order valence-electron chi connectivity index (χ3n) is 2.85. The quantitative estimate of drug-likeness (QED) is 0.311. The predicted octanol–water partition coefficient (Wildman–Crippen LogP) is 1.22. The summed E-state index contributed by atoms with van der Waals surface area (Å²) in [7, 11) is 1.67. The van der Waals surface area contributed by atoms with Crippen LogP contribution < -0.4 is 11.3 Å². The molecule has 4 heteroatoms. The van der Waals surface area contributed by atoms with Gasteiger partial charge in [-0.1, -0.05) is 12.8 Å². The Balaban J connectivity index is 2.68. The summed E-state index contributed by atoms with van der Waals surface area (Å²) < 4.78 is 5.33. The minimum Gasteiger partial charge on any atom is -0.371 e. The van der Waals surface area contributed by atoms with Crippen LogP contribution in [0.3, 0.4) is 0 Å². The average molecular weight is 199 g/mol. The highest BCUT2D eigenvalue weighted by atomic mass is 16.5. The number of aliphatic imine (C=N–C) groups is 1. The molecule has 1 aliphatic carbocycles. The molecular formula is C10H21N3O. The van der Waals surface area contributed by atoms with Crippen LogP contribution in [-0.2, 0) is 4.74 Å². The maximum atomic E-state index is 5.45. The molecule has 0 radical (unpaired) electrons. The Morgan fingerprint density at radius 1 is 1.43 bits per heavy atom. The fourth-order valence-corrected chi connectivity index (χ4v) is 1.68. The van der Waals surface area contributed by atoms with Crippen molar-refractivity contribution in [1.82, 2.24) is 5.43 Å². The number of nitrogens with two attached hydrogens (primary N) is 1. The second-order valence-electron chi connectivity index (χ2n) is 4.27. The summed E-state index contributed by atoms with van der Waals surface area (Å²) in [6.07, 6.45) is 4.90. The summed E-state index contributed by atoms with van der Waals surface area (Å²) in [5.74, 6) is 6.19. The first-order chi connectivity index (χ1) is 6.60. The monoisotopic (exact) mass is 199 g/mol. The van der Waals surface area contributed by atoms with Crippen LogP contribution in [0.25, 0.3) is 0 Å². The first kappa shape index (κ1) is 11.5. The Kier molecular flexibility index (Phi) is 3.89. The van der Waals surface area contributed by atoms with Crippen LogP contribution in [0, 0.1) is 0 Å². The summed E-state index contributed by atoms with van der Waals surface area (Å²) in [6.45, 7) is 3.92. The third kappa shape index (κ3) is 2.69. The number of ether oxygens (including phenoxy) is 1. The fourth-order valence-electron chi connectivity index (χ4n) is 1.68. The van der Waals surface area contributed by atoms with Crippen LogP contribution in [0.5, 0.6) is 0 Å². The van der Waals surface area contributed by atoms with Gasteiger partial charge in [0.2, 0.25) is 0 Å². The summed E-state index contributed by atoms with van der Waals surface area (Å²) in [6, 6.07) is 0.426. The zero-order chi connectivity index (χ0) is 10.6. The van der Waals surface area contributed by atoms with Crippen molar-refractivity contribution in [3.63, 3.8) is 0 Å². The van der Waals surface area contributed by atoms with Crippen LogP contribution in [-0.4, -0.2) is 24.6 Å². The van der Waals surface area contributed by atoms with E-state index in [0.717, 1.165) is 5.84 Å². The molecule has 0 saturated heterocycles. The van der Waals surface area contributed by atoms with E-state index in [9.17, 15) is 0 Å². The minimum atomic E-state index is -0.419.